The number of rotatable bonds is 3. The van der Waals surface area contributed by atoms with E-state index in [1.807, 2.05) is 0 Å². The van der Waals surface area contributed by atoms with Gasteiger partial charge in [0.2, 0.25) is 0 Å². The molecule has 0 heterocycles. The number of esters is 2. The molecule has 0 bridgehead atoms. The molecule has 0 aromatic heterocycles. The van der Waals surface area contributed by atoms with Crippen molar-refractivity contribution in [3.8, 4) is 0 Å². The van der Waals surface area contributed by atoms with Crippen molar-refractivity contribution in [2.24, 2.45) is 5.11 Å². The lowest BCUT2D eigenvalue weighted by Gasteiger charge is -2.15. The van der Waals surface area contributed by atoms with E-state index in [0.717, 1.165) is 32.1 Å². The van der Waals surface area contributed by atoms with Gasteiger partial charge in [0.05, 0.1) is 26.4 Å². The molecule has 2 aliphatic rings. The molecule has 25 heavy (non-hydrogen) atoms. The Labute approximate surface area is 148 Å². The van der Waals surface area contributed by atoms with Gasteiger partial charge in [-0.2, -0.15) is 0 Å². The third kappa shape index (κ3) is 7.87. The lowest BCUT2D eigenvalue weighted by Crippen LogP contribution is -2.15. The molecule has 2 atom stereocenters. The van der Waals surface area contributed by atoms with Gasteiger partial charge in [0.1, 0.15) is 0 Å². The highest BCUT2D eigenvalue weighted by Crippen LogP contribution is 2.21. The van der Waals surface area contributed by atoms with Gasteiger partial charge in [0.15, 0.2) is 0 Å². The minimum atomic E-state index is -0.460. The Balaban J connectivity index is 0.000000449. The van der Waals surface area contributed by atoms with E-state index >= 15 is 0 Å². The maximum Gasteiger partial charge on any atom is 0.333 e. The number of nitrogens with zero attached hydrogens (tertiary/aromatic N) is 3. The summed E-state index contributed by atoms with van der Waals surface area (Å²) in [6.07, 6.45) is 7.54. The van der Waals surface area contributed by atoms with Crippen LogP contribution in [0.4, 0.5) is 0 Å². The van der Waals surface area contributed by atoms with Crippen molar-refractivity contribution < 1.29 is 24.2 Å². The minimum Gasteiger partial charge on any atom is -0.466 e. The van der Waals surface area contributed by atoms with Crippen LogP contribution in [0.15, 0.2) is 28.4 Å². The van der Waals surface area contributed by atoms with Crippen molar-refractivity contribution in [1.29, 1.82) is 0 Å². The molecule has 0 amide bonds. The van der Waals surface area contributed by atoms with Crippen molar-refractivity contribution in [1.82, 2.24) is 0 Å². The predicted octanol–water partition coefficient (Wildman–Crippen LogP) is 3.22. The monoisotopic (exact) mass is 353 g/mol. The smallest absolute Gasteiger partial charge is 0.333 e. The molecule has 0 saturated carbocycles. The van der Waals surface area contributed by atoms with E-state index < -0.39 is 6.10 Å². The highest BCUT2D eigenvalue weighted by atomic mass is 16.5. The van der Waals surface area contributed by atoms with Gasteiger partial charge >= 0.3 is 11.9 Å². The average molecular weight is 353 g/mol. The van der Waals surface area contributed by atoms with E-state index in [9.17, 15) is 9.59 Å². The van der Waals surface area contributed by atoms with Gasteiger partial charge in [-0.3, -0.25) is 0 Å². The maximum atomic E-state index is 11.1. The third-order valence-electron chi connectivity index (χ3n) is 3.77. The van der Waals surface area contributed by atoms with E-state index in [1.165, 1.54) is 14.2 Å². The van der Waals surface area contributed by atoms with Crippen LogP contribution in [0.3, 0.4) is 0 Å². The molecule has 0 aromatic carbocycles. The van der Waals surface area contributed by atoms with Gasteiger partial charge < -0.3 is 14.6 Å². The molecule has 2 aliphatic carbocycles. The van der Waals surface area contributed by atoms with Crippen molar-refractivity contribution >= 4 is 11.9 Å². The molecule has 8 heteroatoms. The topological polar surface area (TPSA) is 122 Å². The molecule has 0 radical (unpaired) electrons. The van der Waals surface area contributed by atoms with Crippen molar-refractivity contribution in [3.63, 3.8) is 0 Å². The van der Waals surface area contributed by atoms with E-state index in [0.29, 0.717) is 17.6 Å². The number of aliphatic hydroxyl groups is 1. The van der Waals surface area contributed by atoms with Crippen LogP contribution >= 0.6 is 0 Å². The minimum absolute atomic E-state index is 0. The van der Waals surface area contributed by atoms with Crippen LogP contribution in [-0.2, 0) is 19.1 Å². The number of azide groups is 1. The van der Waals surface area contributed by atoms with Gasteiger partial charge in [-0.05, 0) is 50.1 Å². The second-order valence-corrected chi connectivity index (χ2v) is 5.49. The summed E-state index contributed by atoms with van der Waals surface area (Å²) < 4.78 is 9.09. The van der Waals surface area contributed by atoms with E-state index in [-0.39, 0.29) is 25.4 Å². The Bertz CT molecular complexity index is 565. The van der Waals surface area contributed by atoms with Crippen LogP contribution in [-0.4, -0.2) is 43.4 Å². The number of ether oxygens (including phenoxy) is 2. The molecule has 0 aromatic rings. The van der Waals surface area contributed by atoms with Gasteiger partial charge in [-0.15, -0.1) is 0 Å². The quantitative estimate of drug-likeness (QED) is 0.361. The number of hydrogen-bond donors (Lipinski definition) is 1. The summed E-state index contributed by atoms with van der Waals surface area (Å²) in [7, 11) is 2.70. The lowest BCUT2D eigenvalue weighted by molar-refractivity contribution is -0.137. The number of hydrogen-bond acceptors (Lipinski definition) is 6. The van der Waals surface area contributed by atoms with Crippen molar-refractivity contribution in [3.05, 3.63) is 33.7 Å². The summed E-state index contributed by atoms with van der Waals surface area (Å²) in [5.41, 5.74) is 9.43. The maximum absolute atomic E-state index is 11.1. The fraction of sp³-hybridized carbons (Fsp3) is 0.647. The highest BCUT2D eigenvalue weighted by Gasteiger charge is 2.18. The zero-order valence-corrected chi connectivity index (χ0v) is 14.0. The van der Waals surface area contributed by atoms with Crippen molar-refractivity contribution in [2.75, 3.05) is 14.2 Å². The Kier molecular flexibility index (Phi) is 11.0. The summed E-state index contributed by atoms with van der Waals surface area (Å²) in [6, 6.07) is -0.187. The molecule has 1 N–H and O–H groups in total. The first kappa shape index (κ1) is 22.7. The summed E-state index contributed by atoms with van der Waals surface area (Å²) in [5, 5.41) is 12.7. The molecule has 140 valence electrons. The molecule has 0 aliphatic heterocycles. The fourth-order valence-electron chi connectivity index (χ4n) is 2.56. The molecular weight excluding hydrogens is 326 g/mol. The summed E-state index contributed by atoms with van der Waals surface area (Å²) in [6.45, 7) is 0. The van der Waals surface area contributed by atoms with E-state index in [2.05, 4.69) is 19.5 Å². The molecule has 0 saturated heterocycles. The molecule has 2 rings (SSSR count). The zero-order valence-electron chi connectivity index (χ0n) is 14.0. The average Bonchev–Trinajstić information content (AvgIpc) is 2.61. The number of methoxy groups -OCH3 is 2. The van der Waals surface area contributed by atoms with Gasteiger partial charge in [0, 0.05) is 16.1 Å². The standard InChI is InChI=1S/C8H11N3O2.C8H12O3.CH4/c1-13-8(12)6-3-2-4-7(5-6)10-11-9;1-11-8(10)6-3-2-4-7(9)5-6;/h5,7H,2-4H2,1H3;5,7,9H,2-4H2,1H3;1H4. The Hall–Kier alpha value is -2.31. The summed E-state index contributed by atoms with van der Waals surface area (Å²) >= 11 is 0. The van der Waals surface area contributed by atoms with Crippen LogP contribution in [0, 0.1) is 0 Å². The zero-order chi connectivity index (χ0) is 17.9. The van der Waals surface area contributed by atoms with Gasteiger partial charge in [-0.1, -0.05) is 18.6 Å². The second-order valence-electron chi connectivity index (χ2n) is 5.49. The first-order chi connectivity index (χ1) is 11.5. The normalized spacial score (nSPS) is 21.7. The summed E-state index contributed by atoms with van der Waals surface area (Å²) in [5.74, 6) is -0.637. The number of carbonyl (C=O) groups is 2. The van der Waals surface area contributed by atoms with Crippen molar-refractivity contribution in [2.45, 2.75) is 58.1 Å². The molecule has 2 unspecified atom stereocenters. The molecule has 0 fully saturated rings. The van der Waals surface area contributed by atoms with Crippen LogP contribution in [0.1, 0.15) is 46.0 Å². The molecular formula is C17H27N3O5. The van der Waals surface area contributed by atoms with Crippen LogP contribution in [0.25, 0.3) is 10.4 Å². The second kappa shape index (κ2) is 12.1. The van der Waals surface area contributed by atoms with E-state index in [1.54, 1.807) is 12.2 Å². The molecule has 0 spiro atoms. The Morgan fingerprint density at radius 1 is 1.12 bits per heavy atom. The SMILES string of the molecule is C.COC(=O)C1=CC(N=[N+]=[N-])CCC1.COC(=O)C1=CC(O)CCC1. The highest BCUT2D eigenvalue weighted by molar-refractivity contribution is 5.89. The van der Waals surface area contributed by atoms with E-state index in [4.69, 9.17) is 10.6 Å². The largest absolute Gasteiger partial charge is 0.466 e. The van der Waals surface area contributed by atoms with Crippen LogP contribution < -0.4 is 0 Å². The summed E-state index contributed by atoms with van der Waals surface area (Å²) in [4.78, 5) is 24.7. The number of carbonyl (C=O) groups excluding carboxylic acids is 2. The van der Waals surface area contributed by atoms with Gasteiger partial charge in [-0.25, -0.2) is 9.59 Å². The molecule has 8 nitrogen and oxygen atoms in total. The lowest BCUT2D eigenvalue weighted by atomic mass is 9.96. The fourth-order valence-corrected chi connectivity index (χ4v) is 2.56. The first-order valence-corrected chi connectivity index (χ1v) is 7.82. The third-order valence-corrected chi connectivity index (χ3v) is 3.77. The van der Waals surface area contributed by atoms with Gasteiger partial charge in [0.25, 0.3) is 0 Å². The van der Waals surface area contributed by atoms with Crippen LogP contribution in [0.2, 0.25) is 0 Å². The Morgan fingerprint density at radius 2 is 1.64 bits per heavy atom. The first-order valence-electron chi connectivity index (χ1n) is 7.82. The predicted molar refractivity (Wildman–Crippen MR) is 93.6 cm³/mol. The Morgan fingerprint density at radius 3 is 2.12 bits per heavy atom. The van der Waals surface area contributed by atoms with Crippen LogP contribution in [0.5, 0.6) is 0 Å². The number of aliphatic hydroxyl groups excluding tert-OH is 1.